The van der Waals surface area contributed by atoms with Crippen molar-refractivity contribution in [3.8, 4) is 11.5 Å². The average molecular weight is 508 g/mol. The van der Waals surface area contributed by atoms with Gasteiger partial charge >= 0.3 is 12.1 Å². The summed E-state index contributed by atoms with van der Waals surface area (Å²) < 4.78 is 16.1. The monoisotopic (exact) mass is 507 g/mol. The van der Waals surface area contributed by atoms with Crippen LogP contribution in [-0.2, 0) is 35.2 Å². The van der Waals surface area contributed by atoms with Crippen LogP contribution < -0.4 is 20.1 Å². The number of ether oxygens (including phenoxy) is 3. The quantitative estimate of drug-likeness (QED) is 0.455. The third-order valence-corrected chi connectivity index (χ3v) is 4.92. The van der Waals surface area contributed by atoms with Gasteiger partial charge in [-0.3, -0.25) is 14.4 Å². The van der Waals surface area contributed by atoms with Gasteiger partial charge in [0.15, 0.2) is 0 Å². The van der Waals surface area contributed by atoms with E-state index in [-0.39, 0.29) is 31.7 Å². The molecule has 2 rings (SSSR count). The average Bonchev–Trinajstić information content (AvgIpc) is 3.08. The Bertz CT molecular complexity index is 1000. The summed E-state index contributed by atoms with van der Waals surface area (Å²) >= 11 is 0. The Kier molecular flexibility index (Phi) is 9.65. The SMILES string of the molecule is COc1cc(NC(=O)CCC(=O)ON2C(=O)CCC2=O)c(OC)cc1CC(C)NC(=O)OC(C)(C)C. The van der Waals surface area contributed by atoms with E-state index in [2.05, 4.69) is 10.6 Å². The van der Waals surface area contributed by atoms with Crippen LogP contribution in [0.3, 0.4) is 0 Å². The zero-order chi connectivity index (χ0) is 27.0. The molecule has 1 aliphatic heterocycles. The van der Waals surface area contributed by atoms with Crippen LogP contribution in [0, 0.1) is 0 Å². The fourth-order valence-corrected chi connectivity index (χ4v) is 3.34. The second-order valence-electron chi connectivity index (χ2n) is 9.21. The highest BCUT2D eigenvalue weighted by molar-refractivity contribution is 6.01. The van der Waals surface area contributed by atoms with Crippen molar-refractivity contribution in [1.82, 2.24) is 10.4 Å². The third-order valence-electron chi connectivity index (χ3n) is 4.92. The molecule has 36 heavy (non-hydrogen) atoms. The lowest BCUT2D eigenvalue weighted by molar-refractivity contribution is -0.197. The van der Waals surface area contributed by atoms with Crippen molar-refractivity contribution >= 4 is 35.5 Å². The highest BCUT2D eigenvalue weighted by atomic mass is 16.7. The minimum atomic E-state index is -0.875. The summed E-state index contributed by atoms with van der Waals surface area (Å²) in [5, 5.41) is 5.85. The van der Waals surface area contributed by atoms with Gasteiger partial charge in [-0.2, -0.15) is 0 Å². The van der Waals surface area contributed by atoms with Crippen LogP contribution in [-0.4, -0.2) is 60.7 Å². The molecular formula is C24H33N3O9. The molecule has 198 valence electrons. The molecule has 1 unspecified atom stereocenters. The van der Waals surface area contributed by atoms with Crippen LogP contribution >= 0.6 is 0 Å². The summed E-state index contributed by atoms with van der Waals surface area (Å²) in [6.45, 7) is 7.14. The third kappa shape index (κ3) is 8.43. The molecule has 0 aromatic heterocycles. The molecule has 1 atom stereocenters. The molecule has 12 heteroatoms. The second-order valence-corrected chi connectivity index (χ2v) is 9.21. The van der Waals surface area contributed by atoms with Crippen molar-refractivity contribution in [1.29, 1.82) is 0 Å². The number of amides is 4. The van der Waals surface area contributed by atoms with E-state index in [1.807, 2.05) is 6.92 Å². The Labute approximate surface area is 209 Å². The number of benzene rings is 1. The first-order valence-corrected chi connectivity index (χ1v) is 11.4. The van der Waals surface area contributed by atoms with E-state index >= 15 is 0 Å². The van der Waals surface area contributed by atoms with Crippen molar-refractivity contribution in [2.24, 2.45) is 0 Å². The first-order chi connectivity index (χ1) is 16.8. The smallest absolute Gasteiger partial charge is 0.407 e. The van der Waals surface area contributed by atoms with Gasteiger partial charge in [-0.25, -0.2) is 9.59 Å². The van der Waals surface area contributed by atoms with Gasteiger partial charge in [0.1, 0.15) is 17.1 Å². The van der Waals surface area contributed by atoms with Gasteiger partial charge in [-0.15, -0.1) is 5.06 Å². The van der Waals surface area contributed by atoms with Crippen LogP contribution in [0.5, 0.6) is 11.5 Å². The summed E-state index contributed by atoms with van der Waals surface area (Å²) in [6.07, 6.45) is -0.762. The lowest BCUT2D eigenvalue weighted by Gasteiger charge is -2.22. The van der Waals surface area contributed by atoms with Crippen LogP contribution in [0.2, 0.25) is 0 Å². The van der Waals surface area contributed by atoms with E-state index < -0.39 is 35.4 Å². The molecule has 0 spiro atoms. The fourth-order valence-electron chi connectivity index (χ4n) is 3.34. The Morgan fingerprint density at radius 1 is 1.00 bits per heavy atom. The number of methoxy groups -OCH3 is 2. The Morgan fingerprint density at radius 2 is 1.61 bits per heavy atom. The minimum absolute atomic E-state index is 0.0138. The number of imide groups is 1. The highest BCUT2D eigenvalue weighted by Gasteiger charge is 2.32. The number of alkyl carbamates (subject to hydrolysis) is 1. The van der Waals surface area contributed by atoms with E-state index in [0.29, 0.717) is 28.7 Å². The van der Waals surface area contributed by atoms with Crippen LogP contribution in [0.1, 0.15) is 58.9 Å². The number of nitrogens with zero attached hydrogens (tertiary/aromatic N) is 1. The van der Waals surface area contributed by atoms with E-state index in [1.54, 1.807) is 32.9 Å². The Hall–Kier alpha value is -3.83. The molecular weight excluding hydrogens is 474 g/mol. The predicted octanol–water partition coefficient (Wildman–Crippen LogP) is 2.49. The number of nitrogens with one attached hydrogen (secondary N) is 2. The molecule has 12 nitrogen and oxygen atoms in total. The molecule has 1 aromatic rings. The molecule has 0 saturated carbocycles. The molecule has 4 amide bonds. The summed E-state index contributed by atoms with van der Waals surface area (Å²) in [5.74, 6) is -1.77. The number of anilines is 1. The van der Waals surface area contributed by atoms with Crippen molar-refractivity contribution in [2.45, 2.75) is 71.4 Å². The molecule has 0 bridgehead atoms. The number of carbonyl (C=O) groups is 5. The second kappa shape index (κ2) is 12.2. The van der Waals surface area contributed by atoms with Crippen molar-refractivity contribution < 1.29 is 43.0 Å². The van der Waals surface area contributed by atoms with Crippen molar-refractivity contribution in [2.75, 3.05) is 19.5 Å². The van der Waals surface area contributed by atoms with Gasteiger partial charge in [-0.1, -0.05) is 0 Å². The first kappa shape index (κ1) is 28.4. The summed E-state index contributed by atoms with van der Waals surface area (Å²) in [5.41, 5.74) is 0.415. The topological polar surface area (TPSA) is 150 Å². The number of carbonyl (C=O) groups excluding carboxylic acids is 5. The minimum Gasteiger partial charge on any atom is -0.496 e. The number of hydroxylamine groups is 2. The maximum atomic E-state index is 12.4. The lowest BCUT2D eigenvalue weighted by Crippen LogP contribution is -2.38. The predicted molar refractivity (Wildman–Crippen MR) is 127 cm³/mol. The van der Waals surface area contributed by atoms with Gasteiger partial charge in [0.05, 0.1) is 26.3 Å². The number of hydrogen-bond donors (Lipinski definition) is 2. The number of rotatable bonds is 10. The van der Waals surface area contributed by atoms with Gasteiger partial charge in [0.2, 0.25) is 5.91 Å². The summed E-state index contributed by atoms with van der Waals surface area (Å²) in [7, 11) is 2.91. The summed E-state index contributed by atoms with van der Waals surface area (Å²) in [4.78, 5) is 64.2. The van der Waals surface area contributed by atoms with E-state index in [0.717, 1.165) is 5.56 Å². The van der Waals surface area contributed by atoms with Crippen LogP contribution in [0.15, 0.2) is 12.1 Å². The molecule has 0 aliphatic carbocycles. The molecule has 1 saturated heterocycles. The standard InChI is InChI=1S/C24H33N3O9/c1-14(25-23(32)35-24(2,3)4)11-15-12-18(34-6)16(13-17(15)33-5)26-19(28)7-10-22(31)36-27-20(29)8-9-21(27)30/h12-14H,7-11H2,1-6H3,(H,25,32)(H,26,28). The normalized spacial score (nSPS) is 14.2. The van der Waals surface area contributed by atoms with Crippen LogP contribution in [0.4, 0.5) is 10.5 Å². The molecule has 2 N–H and O–H groups in total. The maximum absolute atomic E-state index is 12.4. The molecule has 1 aliphatic rings. The number of hydrogen-bond acceptors (Lipinski definition) is 9. The molecule has 1 fully saturated rings. The fraction of sp³-hybridized carbons (Fsp3) is 0.542. The zero-order valence-electron chi connectivity index (χ0n) is 21.4. The molecule has 1 aromatic carbocycles. The van der Waals surface area contributed by atoms with Gasteiger partial charge < -0.3 is 29.7 Å². The van der Waals surface area contributed by atoms with Gasteiger partial charge in [0.25, 0.3) is 11.8 Å². The maximum Gasteiger partial charge on any atom is 0.407 e. The van der Waals surface area contributed by atoms with Crippen LogP contribution in [0.25, 0.3) is 0 Å². The highest BCUT2D eigenvalue weighted by Crippen LogP contribution is 2.34. The Morgan fingerprint density at radius 3 is 2.17 bits per heavy atom. The van der Waals surface area contributed by atoms with Crippen molar-refractivity contribution in [3.05, 3.63) is 17.7 Å². The first-order valence-electron chi connectivity index (χ1n) is 11.4. The van der Waals surface area contributed by atoms with E-state index in [1.165, 1.54) is 14.2 Å². The molecule has 0 radical (unpaired) electrons. The largest absolute Gasteiger partial charge is 0.496 e. The van der Waals surface area contributed by atoms with Gasteiger partial charge in [-0.05, 0) is 45.7 Å². The van der Waals surface area contributed by atoms with Crippen molar-refractivity contribution in [3.63, 3.8) is 0 Å². The summed E-state index contributed by atoms with van der Waals surface area (Å²) in [6, 6.07) is 2.96. The van der Waals surface area contributed by atoms with E-state index in [4.69, 9.17) is 19.0 Å². The lowest BCUT2D eigenvalue weighted by atomic mass is 10.0. The van der Waals surface area contributed by atoms with Gasteiger partial charge in [0, 0.05) is 31.4 Å². The molecule has 1 heterocycles. The Balaban J connectivity index is 1.99. The van der Waals surface area contributed by atoms with E-state index in [9.17, 15) is 24.0 Å². The zero-order valence-corrected chi connectivity index (χ0v) is 21.4.